The Bertz CT molecular complexity index is 549. The Morgan fingerprint density at radius 3 is 2.71 bits per heavy atom. The van der Waals surface area contributed by atoms with Gasteiger partial charge in [-0.25, -0.2) is 4.99 Å². The summed E-state index contributed by atoms with van der Waals surface area (Å²) in [6, 6.07) is 7.84. The number of nitrogens with zero attached hydrogens (tertiary/aromatic N) is 1. The molecule has 1 aromatic rings. The van der Waals surface area contributed by atoms with E-state index in [0.717, 1.165) is 37.3 Å². The van der Waals surface area contributed by atoms with Gasteiger partial charge in [0.2, 0.25) is 0 Å². The number of rotatable bonds is 7. The van der Waals surface area contributed by atoms with E-state index in [4.69, 9.17) is 15.2 Å². The van der Waals surface area contributed by atoms with Crippen LogP contribution in [0.5, 0.6) is 5.75 Å². The molecule has 0 spiro atoms. The number of anilines is 1. The van der Waals surface area contributed by atoms with Gasteiger partial charge >= 0.3 is 0 Å². The van der Waals surface area contributed by atoms with E-state index in [2.05, 4.69) is 31.1 Å². The second kappa shape index (κ2) is 9.46. The summed E-state index contributed by atoms with van der Waals surface area (Å²) < 4.78 is 11.3. The van der Waals surface area contributed by atoms with E-state index in [0.29, 0.717) is 5.96 Å². The molecule has 1 aromatic carbocycles. The van der Waals surface area contributed by atoms with E-state index in [9.17, 15) is 0 Å². The van der Waals surface area contributed by atoms with Crippen molar-refractivity contribution >= 4 is 35.6 Å². The van der Waals surface area contributed by atoms with E-state index < -0.39 is 0 Å². The van der Waals surface area contributed by atoms with Crippen LogP contribution in [0, 0.1) is 5.41 Å². The van der Waals surface area contributed by atoms with Crippen LogP contribution in [0.25, 0.3) is 0 Å². The fourth-order valence-corrected chi connectivity index (χ4v) is 2.82. The van der Waals surface area contributed by atoms with Crippen molar-refractivity contribution in [3.05, 3.63) is 24.3 Å². The Kier molecular flexibility index (Phi) is 8.29. The molecule has 136 valence electrons. The third kappa shape index (κ3) is 4.99. The lowest BCUT2D eigenvalue weighted by molar-refractivity contribution is -0.107. The van der Waals surface area contributed by atoms with Crippen LogP contribution in [0.2, 0.25) is 0 Å². The second-order valence-electron chi connectivity index (χ2n) is 6.63. The lowest BCUT2D eigenvalue weighted by Gasteiger charge is -2.49. The van der Waals surface area contributed by atoms with Gasteiger partial charge in [-0.2, -0.15) is 0 Å². The topological polar surface area (TPSA) is 68.9 Å². The number of methoxy groups -OCH3 is 1. The number of unbranched alkanes of at least 4 members (excludes halogenated alkanes) is 1. The van der Waals surface area contributed by atoms with Gasteiger partial charge in [-0.1, -0.05) is 39.3 Å². The molecular weight excluding hydrogens is 417 g/mol. The quantitative estimate of drug-likeness (QED) is 0.287. The molecule has 0 radical (unpaired) electrons. The highest BCUT2D eigenvalue weighted by Crippen LogP contribution is 2.45. The summed E-state index contributed by atoms with van der Waals surface area (Å²) in [5, 5.41) is 3.13. The molecule has 5 nitrogen and oxygen atoms in total. The third-order valence-corrected chi connectivity index (χ3v) is 4.61. The fraction of sp³-hybridized carbons (Fsp3) is 0.611. The van der Waals surface area contributed by atoms with E-state index >= 15 is 0 Å². The standard InChI is InChI=1S/C18H29N3O2.HI/c1-5-6-11-23-16-12-15(18(16,2)3)21-17(19)20-13-9-7-8-10-14(13)22-4;/h7-10,15-16H,5-6,11-12H2,1-4H3,(H3,19,20,21);1H. The molecule has 0 heterocycles. The van der Waals surface area contributed by atoms with Gasteiger partial charge in [0.25, 0.3) is 0 Å². The molecule has 1 saturated carbocycles. The molecule has 24 heavy (non-hydrogen) atoms. The van der Waals surface area contributed by atoms with E-state index in [1.165, 1.54) is 0 Å². The predicted octanol–water partition coefficient (Wildman–Crippen LogP) is 4.02. The number of hydrogen-bond donors (Lipinski definition) is 2. The Hall–Kier alpha value is -1.02. The summed E-state index contributed by atoms with van der Waals surface area (Å²) in [4.78, 5) is 4.63. The van der Waals surface area contributed by atoms with Gasteiger partial charge in [-0.3, -0.25) is 0 Å². The first-order valence-corrected chi connectivity index (χ1v) is 8.34. The van der Waals surface area contributed by atoms with Crippen molar-refractivity contribution in [2.75, 3.05) is 19.0 Å². The monoisotopic (exact) mass is 447 g/mol. The van der Waals surface area contributed by atoms with Crippen molar-refractivity contribution in [2.24, 2.45) is 16.1 Å². The number of ether oxygens (including phenoxy) is 2. The largest absolute Gasteiger partial charge is 0.495 e. The predicted molar refractivity (Wildman–Crippen MR) is 110 cm³/mol. The molecule has 1 aliphatic carbocycles. The summed E-state index contributed by atoms with van der Waals surface area (Å²) in [6.45, 7) is 7.39. The summed E-state index contributed by atoms with van der Waals surface area (Å²) in [6.07, 6.45) is 3.45. The molecule has 6 heteroatoms. The van der Waals surface area contributed by atoms with E-state index in [1.54, 1.807) is 7.11 Å². The SMILES string of the molecule is CCCCOC1CC(N=C(N)Nc2ccccc2OC)C1(C)C.I. The molecular formula is C18H30IN3O2. The number of halogens is 1. The molecule has 0 amide bonds. The number of benzene rings is 1. The number of nitrogens with two attached hydrogens (primary N) is 1. The minimum atomic E-state index is 0. The van der Waals surface area contributed by atoms with Gasteiger partial charge < -0.3 is 20.5 Å². The van der Waals surface area contributed by atoms with Crippen molar-refractivity contribution in [1.29, 1.82) is 0 Å². The fourth-order valence-electron chi connectivity index (χ4n) is 2.82. The van der Waals surface area contributed by atoms with Crippen LogP contribution in [0.3, 0.4) is 0 Å². The number of hydrogen-bond acceptors (Lipinski definition) is 3. The van der Waals surface area contributed by atoms with Crippen molar-refractivity contribution in [3.63, 3.8) is 0 Å². The maximum Gasteiger partial charge on any atom is 0.193 e. The van der Waals surface area contributed by atoms with Crippen molar-refractivity contribution < 1.29 is 9.47 Å². The molecule has 0 aromatic heterocycles. The molecule has 2 rings (SSSR count). The molecule has 0 aliphatic heterocycles. The van der Waals surface area contributed by atoms with E-state index in [-0.39, 0.29) is 41.5 Å². The lowest BCUT2D eigenvalue weighted by Crippen LogP contribution is -2.54. The maximum absolute atomic E-state index is 6.07. The zero-order valence-electron chi connectivity index (χ0n) is 15.0. The number of aliphatic imine (C=N–C) groups is 1. The Morgan fingerprint density at radius 2 is 2.08 bits per heavy atom. The highest BCUT2D eigenvalue weighted by molar-refractivity contribution is 14.0. The first-order valence-electron chi connectivity index (χ1n) is 8.34. The Balaban J connectivity index is 0.00000288. The summed E-state index contributed by atoms with van der Waals surface area (Å²) in [7, 11) is 1.64. The van der Waals surface area contributed by atoms with Crippen LogP contribution >= 0.6 is 24.0 Å². The van der Waals surface area contributed by atoms with Crippen molar-refractivity contribution in [1.82, 2.24) is 0 Å². The molecule has 0 bridgehead atoms. The van der Waals surface area contributed by atoms with Gasteiger partial charge in [0.15, 0.2) is 5.96 Å². The number of para-hydroxylation sites is 2. The highest BCUT2D eigenvalue weighted by atomic mass is 127. The lowest BCUT2D eigenvalue weighted by atomic mass is 9.65. The Morgan fingerprint density at radius 1 is 1.38 bits per heavy atom. The molecule has 0 saturated heterocycles. The van der Waals surface area contributed by atoms with Gasteiger partial charge in [0, 0.05) is 12.0 Å². The molecule has 2 atom stereocenters. The van der Waals surface area contributed by atoms with Crippen LogP contribution in [-0.4, -0.2) is 31.8 Å². The second-order valence-corrected chi connectivity index (χ2v) is 6.63. The number of guanidine groups is 1. The normalized spacial score (nSPS) is 22.2. The zero-order valence-corrected chi connectivity index (χ0v) is 17.4. The van der Waals surface area contributed by atoms with Crippen LogP contribution in [0.1, 0.15) is 40.0 Å². The van der Waals surface area contributed by atoms with Crippen LogP contribution in [0.4, 0.5) is 5.69 Å². The molecule has 2 unspecified atom stereocenters. The van der Waals surface area contributed by atoms with Crippen LogP contribution in [-0.2, 0) is 4.74 Å². The third-order valence-electron chi connectivity index (χ3n) is 4.61. The van der Waals surface area contributed by atoms with Gasteiger partial charge in [-0.15, -0.1) is 24.0 Å². The maximum atomic E-state index is 6.07. The van der Waals surface area contributed by atoms with Crippen molar-refractivity contribution in [3.8, 4) is 5.75 Å². The zero-order chi connectivity index (χ0) is 16.9. The summed E-state index contributed by atoms with van der Waals surface area (Å²) >= 11 is 0. The van der Waals surface area contributed by atoms with Gasteiger partial charge in [-0.05, 0) is 25.0 Å². The van der Waals surface area contributed by atoms with Gasteiger partial charge in [0.05, 0.1) is 24.9 Å². The van der Waals surface area contributed by atoms with Gasteiger partial charge in [0.1, 0.15) is 5.75 Å². The molecule has 3 N–H and O–H groups in total. The smallest absolute Gasteiger partial charge is 0.193 e. The molecule has 1 aliphatic rings. The number of nitrogens with one attached hydrogen (secondary N) is 1. The average Bonchev–Trinajstić information content (AvgIpc) is 2.54. The Labute approximate surface area is 162 Å². The first-order chi connectivity index (χ1) is 11.0. The molecule has 1 fully saturated rings. The highest BCUT2D eigenvalue weighted by Gasteiger charge is 2.49. The van der Waals surface area contributed by atoms with Crippen LogP contribution in [0.15, 0.2) is 29.3 Å². The van der Waals surface area contributed by atoms with Crippen molar-refractivity contribution in [2.45, 2.75) is 52.2 Å². The minimum absolute atomic E-state index is 0. The van der Waals surface area contributed by atoms with E-state index in [1.807, 2.05) is 24.3 Å². The summed E-state index contributed by atoms with van der Waals surface area (Å²) in [5.74, 6) is 1.17. The summed E-state index contributed by atoms with van der Waals surface area (Å²) in [5.41, 5.74) is 6.91. The minimum Gasteiger partial charge on any atom is -0.495 e. The first kappa shape index (κ1) is 21.0. The average molecular weight is 447 g/mol. The van der Waals surface area contributed by atoms with Crippen LogP contribution < -0.4 is 15.8 Å².